The highest BCUT2D eigenvalue weighted by Crippen LogP contribution is 2.14. The second-order valence-electron chi connectivity index (χ2n) is 4.65. The molecule has 0 aromatic carbocycles. The van der Waals surface area contributed by atoms with E-state index >= 15 is 0 Å². The van der Waals surface area contributed by atoms with Crippen molar-refractivity contribution in [2.24, 2.45) is 5.41 Å². The molecule has 0 rings (SSSR count). The van der Waals surface area contributed by atoms with Crippen molar-refractivity contribution >= 4 is 0 Å². The maximum absolute atomic E-state index is 2.26. The zero-order valence-electron chi connectivity index (χ0n) is 9.64. The molecule has 0 heterocycles. The Morgan fingerprint density at radius 2 is 1.69 bits per heavy atom. The average Bonchev–Trinajstić information content (AvgIpc) is 2.01. The first-order chi connectivity index (χ1) is 6.06. The van der Waals surface area contributed by atoms with Gasteiger partial charge in [0.05, 0.1) is 0 Å². The third kappa shape index (κ3) is 11.5. The molecule has 0 unspecified atom stereocenters. The molecule has 0 N–H and O–H groups in total. The summed E-state index contributed by atoms with van der Waals surface area (Å²) in [6.45, 7) is 8.89. The summed E-state index contributed by atoms with van der Waals surface area (Å²) in [5.41, 5.74) is 0.313. The third-order valence-corrected chi connectivity index (χ3v) is 1.82. The lowest BCUT2D eigenvalue weighted by molar-refractivity contribution is 0.544. The number of unbranched alkanes of at least 4 members (excludes halogenated alkanes) is 3. The van der Waals surface area contributed by atoms with Crippen molar-refractivity contribution < 1.29 is 0 Å². The van der Waals surface area contributed by atoms with Crippen LogP contribution in [0.1, 0.15) is 53.4 Å². The molecule has 76 valence electrons. The van der Waals surface area contributed by atoms with Crippen LogP contribution in [0.15, 0.2) is 24.3 Å². The number of hydrogen-bond acceptors (Lipinski definition) is 0. The van der Waals surface area contributed by atoms with Crippen LogP contribution in [0.25, 0.3) is 0 Å². The average molecular weight is 180 g/mol. The van der Waals surface area contributed by atoms with Crippen LogP contribution in [0.5, 0.6) is 0 Å². The SMILES string of the molecule is CCCCC/C=C\C=C\C(C)(C)C. The molecule has 0 aliphatic rings. The molecule has 0 bridgehead atoms. The molecule has 0 aromatic rings. The van der Waals surface area contributed by atoms with E-state index in [1.54, 1.807) is 0 Å². The second kappa shape index (κ2) is 6.94. The third-order valence-electron chi connectivity index (χ3n) is 1.82. The normalized spacial score (nSPS) is 13.2. The van der Waals surface area contributed by atoms with Crippen molar-refractivity contribution in [1.29, 1.82) is 0 Å². The molecule has 0 radical (unpaired) electrons. The first-order valence-electron chi connectivity index (χ1n) is 5.40. The Balaban J connectivity index is 3.46. The smallest absolute Gasteiger partial charge is 0.0200 e. The van der Waals surface area contributed by atoms with Gasteiger partial charge < -0.3 is 0 Å². The molecular formula is C13H24. The van der Waals surface area contributed by atoms with Crippen LogP contribution >= 0.6 is 0 Å². The zero-order valence-corrected chi connectivity index (χ0v) is 9.64. The minimum atomic E-state index is 0.313. The standard InChI is InChI=1S/C13H24/c1-5-6-7-8-9-10-11-12-13(2,3)4/h9-12H,5-8H2,1-4H3/b10-9-,12-11+. The molecule has 0 atom stereocenters. The highest BCUT2D eigenvalue weighted by atomic mass is 14.1. The van der Waals surface area contributed by atoms with Crippen LogP contribution in [0.4, 0.5) is 0 Å². The van der Waals surface area contributed by atoms with Crippen molar-refractivity contribution in [3.8, 4) is 0 Å². The maximum atomic E-state index is 2.26. The molecular weight excluding hydrogens is 156 g/mol. The summed E-state index contributed by atoms with van der Waals surface area (Å²) in [6.07, 6.45) is 14.0. The highest BCUT2D eigenvalue weighted by molar-refractivity contribution is 5.05. The minimum absolute atomic E-state index is 0.313. The lowest BCUT2D eigenvalue weighted by Crippen LogP contribution is -1.97. The molecule has 0 nitrogen and oxygen atoms in total. The molecule has 0 aliphatic carbocycles. The summed E-state index contributed by atoms with van der Waals surface area (Å²) in [5.74, 6) is 0. The summed E-state index contributed by atoms with van der Waals surface area (Å²) in [7, 11) is 0. The van der Waals surface area contributed by atoms with E-state index in [4.69, 9.17) is 0 Å². The van der Waals surface area contributed by atoms with E-state index < -0.39 is 0 Å². The summed E-state index contributed by atoms with van der Waals surface area (Å²) >= 11 is 0. The molecule has 0 spiro atoms. The van der Waals surface area contributed by atoms with Crippen molar-refractivity contribution in [3.63, 3.8) is 0 Å². The van der Waals surface area contributed by atoms with Gasteiger partial charge in [-0.15, -0.1) is 0 Å². The molecule has 0 amide bonds. The van der Waals surface area contributed by atoms with Gasteiger partial charge in [0.2, 0.25) is 0 Å². The van der Waals surface area contributed by atoms with Gasteiger partial charge in [-0.2, -0.15) is 0 Å². The Labute approximate surface area is 83.7 Å². The van der Waals surface area contributed by atoms with E-state index in [0.29, 0.717) is 5.41 Å². The molecule has 0 saturated carbocycles. The molecule has 0 aromatic heterocycles. The molecule has 0 saturated heterocycles. The highest BCUT2D eigenvalue weighted by Gasteiger charge is 2.01. The van der Waals surface area contributed by atoms with E-state index in [9.17, 15) is 0 Å². The number of rotatable bonds is 5. The monoisotopic (exact) mass is 180 g/mol. The van der Waals surface area contributed by atoms with Crippen LogP contribution in [-0.2, 0) is 0 Å². The first-order valence-corrected chi connectivity index (χ1v) is 5.40. The number of allylic oxidation sites excluding steroid dienone is 4. The second-order valence-corrected chi connectivity index (χ2v) is 4.65. The summed E-state index contributed by atoms with van der Waals surface area (Å²) < 4.78 is 0. The fourth-order valence-electron chi connectivity index (χ4n) is 1.03. The van der Waals surface area contributed by atoms with Crippen LogP contribution < -0.4 is 0 Å². The summed E-state index contributed by atoms with van der Waals surface area (Å²) in [6, 6.07) is 0. The molecule has 0 fully saturated rings. The van der Waals surface area contributed by atoms with E-state index in [2.05, 4.69) is 52.0 Å². The van der Waals surface area contributed by atoms with Gasteiger partial charge in [0, 0.05) is 0 Å². The Bertz CT molecular complexity index is 155. The van der Waals surface area contributed by atoms with Crippen molar-refractivity contribution in [1.82, 2.24) is 0 Å². The quantitative estimate of drug-likeness (QED) is 0.424. The topological polar surface area (TPSA) is 0 Å². The Morgan fingerprint density at radius 1 is 1.00 bits per heavy atom. The fraction of sp³-hybridized carbons (Fsp3) is 0.692. The Hall–Kier alpha value is -0.520. The van der Waals surface area contributed by atoms with Gasteiger partial charge in [-0.25, -0.2) is 0 Å². The van der Waals surface area contributed by atoms with Gasteiger partial charge in [-0.1, -0.05) is 64.8 Å². The maximum Gasteiger partial charge on any atom is -0.0200 e. The van der Waals surface area contributed by atoms with Gasteiger partial charge in [0.25, 0.3) is 0 Å². The van der Waals surface area contributed by atoms with Crippen molar-refractivity contribution in [3.05, 3.63) is 24.3 Å². The lowest BCUT2D eigenvalue weighted by atomic mass is 9.96. The van der Waals surface area contributed by atoms with Gasteiger partial charge >= 0.3 is 0 Å². The van der Waals surface area contributed by atoms with E-state index in [1.807, 2.05) is 0 Å². The zero-order chi connectivity index (χ0) is 10.2. The largest absolute Gasteiger partial charge is 0.0845 e. The van der Waals surface area contributed by atoms with Crippen LogP contribution in [-0.4, -0.2) is 0 Å². The Kier molecular flexibility index (Phi) is 6.66. The van der Waals surface area contributed by atoms with Gasteiger partial charge in [-0.05, 0) is 18.3 Å². The molecule has 13 heavy (non-hydrogen) atoms. The van der Waals surface area contributed by atoms with Gasteiger partial charge in [0.1, 0.15) is 0 Å². The lowest BCUT2D eigenvalue weighted by Gasteiger charge is -2.09. The summed E-state index contributed by atoms with van der Waals surface area (Å²) in [4.78, 5) is 0. The van der Waals surface area contributed by atoms with Crippen LogP contribution in [0, 0.1) is 5.41 Å². The van der Waals surface area contributed by atoms with Gasteiger partial charge in [-0.3, -0.25) is 0 Å². The fourth-order valence-corrected chi connectivity index (χ4v) is 1.03. The van der Waals surface area contributed by atoms with Gasteiger partial charge in [0.15, 0.2) is 0 Å². The molecule has 0 heteroatoms. The number of hydrogen-bond donors (Lipinski definition) is 0. The Morgan fingerprint density at radius 3 is 2.23 bits per heavy atom. The minimum Gasteiger partial charge on any atom is -0.0845 e. The predicted octanol–water partition coefficient (Wildman–Crippen LogP) is 4.73. The summed E-state index contributed by atoms with van der Waals surface area (Å²) in [5, 5.41) is 0. The molecule has 0 aliphatic heterocycles. The van der Waals surface area contributed by atoms with E-state index in [0.717, 1.165) is 0 Å². The van der Waals surface area contributed by atoms with E-state index in [1.165, 1.54) is 25.7 Å². The first kappa shape index (κ1) is 12.5. The predicted molar refractivity (Wildman–Crippen MR) is 61.9 cm³/mol. The van der Waals surface area contributed by atoms with Crippen LogP contribution in [0.3, 0.4) is 0 Å². The van der Waals surface area contributed by atoms with Crippen molar-refractivity contribution in [2.45, 2.75) is 53.4 Å². The van der Waals surface area contributed by atoms with E-state index in [-0.39, 0.29) is 0 Å². The van der Waals surface area contributed by atoms with Crippen LogP contribution in [0.2, 0.25) is 0 Å². The van der Waals surface area contributed by atoms with Crippen molar-refractivity contribution in [2.75, 3.05) is 0 Å².